The van der Waals surface area contributed by atoms with Gasteiger partial charge >= 0.3 is 0 Å². The van der Waals surface area contributed by atoms with Crippen LogP contribution in [0.2, 0.25) is 10.0 Å². The molecule has 0 amide bonds. The lowest BCUT2D eigenvalue weighted by molar-refractivity contribution is 0.489. The number of benzene rings is 2. The Morgan fingerprint density at radius 2 is 1.58 bits per heavy atom. The first-order valence-corrected chi connectivity index (χ1v) is 6.33. The van der Waals surface area contributed by atoms with Gasteiger partial charge < -0.3 is 5.73 Å². The van der Waals surface area contributed by atoms with E-state index < -0.39 is 17.7 Å². The zero-order chi connectivity index (χ0) is 14.2. The van der Waals surface area contributed by atoms with Crippen LogP contribution in [0.15, 0.2) is 30.3 Å². The van der Waals surface area contributed by atoms with Gasteiger partial charge in [-0.05, 0) is 24.6 Å². The molecule has 0 fully saturated rings. The Labute approximate surface area is 119 Å². The van der Waals surface area contributed by atoms with Crippen molar-refractivity contribution in [2.24, 2.45) is 5.73 Å². The highest BCUT2D eigenvalue weighted by Gasteiger charge is 2.21. The Morgan fingerprint density at radius 3 is 2.16 bits per heavy atom. The van der Waals surface area contributed by atoms with Crippen molar-refractivity contribution in [2.75, 3.05) is 0 Å². The number of hydrogen-bond donors (Lipinski definition) is 1. The van der Waals surface area contributed by atoms with Gasteiger partial charge in [0, 0.05) is 21.2 Å². The van der Waals surface area contributed by atoms with Crippen LogP contribution in [-0.2, 0) is 0 Å². The van der Waals surface area contributed by atoms with Gasteiger partial charge in [-0.15, -0.1) is 0 Å². The van der Waals surface area contributed by atoms with Crippen LogP contribution >= 0.6 is 23.2 Å². The summed E-state index contributed by atoms with van der Waals surface area (Å²) >= 11 is 12.0. The minimum atomic E-state index is -0.969. The molecular formula is C14H11Cl2F2N. The van der Waals surface area contributed by atoms with Gasteiger partial charge in [0.2, 0.25) is 0 Å². The van der Waals surface area contributed by atoms with E-state index in [9.17, 15) is 8.78 Å². The molecule has 2 aromatic carbocycles. The molecule has 0 radical (unpaired) electrons. The van der Waals surface area contributed by atoms with E-state index in [-0.39, 0.29) is 11.1 Å². The zero-order valence-corrected chi connectivity index (χ0v) is 11.6. The monoisotopic (exact) mass is 301 g/mol. The van der Waals surface area contributed by atoms with Crippen molar-refractivity contribution in [1.29, 1.82) is 0 Å². The molecule has 0 bridgehead atoms. The summed E-state index contributed by atoms with van der Waals surface area (Å²) in [6, 6.07) is 6.86. The van der Waals surface area contributed by atoms with Crippen LogP contribution in [0.1, 0.15) is 22.7 Å². The third-order valence-electron chi connectivity index (χ3n) is 2.95. The summed E-state index contributed by atoms with van der Waals surface area (Å²) in [5.74, 6) is -1.88. The van der Waals surface area contributed by atoms with Gasteiger partial charge in [-0.3, -0.25) is 0 Å². The van der Waals surface area contributed by atoms with Crippen molar-refractivity contribution in [3.8, 4) is 0 Å². The van der Waals surface area contributed by atoms with E-state index in [1.807, 2.05) is 0 Å². The molecule has 0 aliphatic rings. The van der Waals surface area contributed by atoms with Gasteiger partial charge in [-0.25, -0.2) is 8.78 Å². The maximum atomic E-state index is 13.9. The summed E-state index contributed by atoms with van der Waals surface area (Å²) in [6.45, 7) is 1.48. The van der Waals surface area contributed by atoms with Crippen LogP contribution in [0.4, 0.5) is 8.78 Å². The first kappa shape index (κ1) is 14.3. The van der Waals surface area contributed by atoms with Crippen LogP contribution in [0, 0.1) is 18.6 Å². The summed E-state index contributed by atoms with van der Waals surface area (Å²) in [5.41, 5.74) is 6.59. The molecule has 0 saturated carbocycles. The zero-order valence-electron chi connectivity index (χ0n) is 10.1. The van der Waals surface area contributed by atoms with Crippen LogP contribution in [0.5, 0.6) is 0 Å². The van der Waals surface area contributed by atoms with Gasteiger partial charge in [0.05, 0.1) is 6.04 Å². The largest absolute Gasteiger partial charge is 0.320 e. The molecule has 2 aromatic rings. The minimum absolute atomic E-state index is 0.0260. The quantitative estimate of drug-likeness (QED) is 0.860. The maximum absolute atomic E-state index is 13.9. The highest BCUT2D eigenvalue weighted by atomic mass is 35.5. The van der Waals surface area contributed by atoms with E-state index in [0.717, 1.165) is 0 Å². The summed E-state index contributed by atoms with van der Waals surface area (Å²) < 4.78 is 27.5. The molecular weight excluding hydrogens is 291 g/mol. The van der Waals surface area contributed by atoms with Crippen LogP contribution < -0.4 is 5.73 Å². The first-order valence-electron chi connectivity index (χ1n) is 5.57. The van der Waals surface area contributed by atoms with Crippen molar-refractivity contribution in [3.63, 3.8) is 0 Å². The molecule has 0 aliphatic heterocycles. The average molecular weight is 302 g/mol. The molecule has 0 saturated heterocycles. The van der Waals surface area contributed by atoms with Gasteiger partial charge in [-0.2, -0.15) is 0 Å². The average Bonchev–Trinajstić information content (AvgIpc) is 2.35. The second-order valence-corrected chi connectivity index (χ2v) is 5.03. The van der Waals surface area contributed by atoms with Gasteiger partial charge in [0.15, 0.2) is 11.6 Å². The SMILES string of the molecule is Cc1ccc(C(N)c2c(Cl)cccc2Cl)c(F)c1F. The molecule has 0 heterocycles. The third kappa shape index (κ3) is 2.59. The Bertz CT molecular complexity index is 609. The normalized spacial score (nSPS) is 12.5. The molecule has 0 spiro atoms. The standard InChI is InChI=1S/C14H11Cl2F2N/c1-7-5-6-8(13(18)12(7)17)14(19)11-9(15)3-2-4-10(11)16/h2-6,14H,19H2,1H3. The predicted octanol–water partition coefficient (Wildman–Crippen LogP) is 4.63. The number of hydrogen-bond acceptors (Lipinski definition) is 1. The second-order valence-electron chi connectivity index (χ2n) is 4.21. The van der Waals surface area contributed by atoms with E-state index in [1.54, 1.807) is 18.2 Å². The van der Waals surface area contributed by atoms with Crippen molar-refractivity contribution in [1.82, 2.24) is 0 Å². The Hall–Kier alpha value is -1.16. The fraction of sp³-hybridized carbons (Fsp3) is 0.143. The number of halogens is 4. The molecule has 2 N–H and O–H groups in total. The van der Waals surface area contributed by atoms with E-state index >= 15 is 0 Å². The lowest BCUT2D eigenvalue weighted by atomic mass is 9.97. The van der Waals surface area contributed by atoms with Crippen molar-refractivity contribution < 1.29 is 8.78 Å². The predicted molar refractivity (Wildman–Crippen MR) is 73.6 cm³/mol. The smallest absolute Gasteiger partial charge is 0.164 e. The van der Waals surface area contributed by atoms with Gasteiger partial charge in [0.25, 0.3) is 0 Å². The lowest BCUT2D eigenvalue weighted by Gasteiger charge is -2.17. The van der Waals surface area contributed by atoms with E-state index in [0.29, 0.717) is 15.6 Å². The highest BCUT2D eigenvalue weighted by molar-refractivity contribution is 6.36. The third-order valence-corrected chi connectivity index (χ3v) is 3.61. The summed E-state index contributed by atoms with van der Waals surface area (Å²) in [6.07, 6.45) is 0. The first-order chi connectivity index (χ1) is 8.93. The summed E-state index contributed by atoms with van der Waals surface area (Å²) in [7, 11) is 0. The van der Waals surface area contributed by atoms with Crippen LogP contribution in [0.25, 0.3) is 0 Å². The molecule has 0 aliphatic carbocycles. The second kappa shape index (κ2) is 5.45. The molecule has 1 atom stereocenters. The lowest BCUT2D eigenvalue weighted by Crippen LogP contribution is -2.16. The number of rotatable bonds is 2. The summed E-state index contributed by atoms with van der Waals surface area (Å²) in [5, 5.41) is 0.640. The molecule has 2 rings (SSSR count). The fourth-order valence-electron chi connectivity index (χ4n) is 1.86. The summed E-state index contributed by atoms with van der Waals surface area (Å²) in [4.78, 5) is 0. The molecule has 5 heteroatoms. The van der Waals surface area contributed by atoms with E-state index in [4.69, 9.17) is 28.9 Å². The Morgan fingerprint density at radius 1 is 1.00 bits per heavy atom. The van der Waals surface area contributed by atoms with E-state index in [2.05, 4.69) is 0 Å². The highest BCUT2D eigenvalue weighted by Crippen LogP contribution is 2.34. The topological polar surface area (TPSA) is 26.0 Å². The van der Waals surface area contributed by atoms with Crippen LogP contribution in [0.3, 0.4) is 0 Å². The molecule has 1 nitrogen and oxygen atoms in total. The fourth-order valence-corrected chi connectivity index (χ4v) is 2.50. The van der Waals surface area contributed by atoms with Crippen molar-refractivity contribution in [2.45, 2.75) is 13.0 Å². The van der Waals surface area contributed by atoms with Gasteiger partial charge in [-0.1, -0.05) is 41.4 Å². The molecule has 1 unspecified atom stereocenters. The molecule has 100 valence electrons. The van der Waals surface area contributed by atoms with Crippen molar-refractivity contribution in [3.05, 3.63) is 68.7 Å². The van der Waals surface area contributed by atoms with Crippen molar-refractivity contribution >= 4 is 23.2 Å². The van der Waals surface area contributed by atoms with E-state index in [1.165, 1.54) is 19.1 Å². The molecule has 0 aromatic heterocycles. The minimum Gasteiger partial charge on any atom is -0.320 e. The Kier molecular flexibility index (Phi) is 4.09. The number of nitrogens with two attached hydrogens (primary N) is 1. The Balaban J connectivity index is 2.57. The van der Waals surface area contributed by atoms with Gasteiger partial charge in [0.1, 0.15) is 0 Å². The molecule has 19 heavy (non-hydrogen) atoms. The maximum Gasteiger partial charge on any atom is 0.164 e. The number of aryl methyl sites for hydroxylation is 1. The van der Waals surface area contributed by atoms with Crippen LogP contribution in [-0.4, -0.2) is 0 Å².